The first-order valence-electron chi connectivity index (χ1n) is 6.73. The van der Waals surface area contributed by atoms with Crippen molar-refractivity contribution >= 4 is 28.9 Å². The molecule has 0 atom stereocenters. The number of anilines is 2. The molecule has 7 heteroatoms. The lowest BCUT2D eigenvalue weighted by molar-refractivity contribution is -0.114. The molecule has 122 valence electrons. The lowest BCUT2D eigenvalue weighted by Crippen LogP contribution is -2.23. The SMILES string of the molecule is Cc1cc(C)c(NCC(=O)Nc2ccc(F)c(F)c2F)c(Cl)c1. The summed E-state index contributed by atoms with van der Waals surface area (Å²) < 4.78 is 39.4. The molecule has 1 amide bonds. The van der Waals surface area contributed by atoms with Crippen molar-refractivity contribution in [2.24, 2.45) is 0 Å². The number of benzene rings is 2. The summed E-state index contributed by atoms with van der Waals surface area (Å²) in [6, 6.07) is 5.32. The number of rotatable bonds is 4. The molecule has 0 bridgehead atoms. The minimum atomic E-state index is -1.63. The maximum absolute atomic E-state index is 13.5. The topological polar surface area (TPSA) is 41.1 Å². The summed E-state index contributed by atoms with van der Waals surface area (Å²) in [4.78, 5) is 11.8. The van der Waals surface area contributed by atoms with Crippen molar-refractivity contribution in [3.8, 4) is 0 Å². The van der Waals surface area contributed by atoms with E-state index in [1.54, 1.807) is 6.07 Å². The Labute approximate surface area is 136 Å². The van der Waals surface area contributed by atoms with Crippen LogP contribution in [0.2, 0.25) is 5.02 Å². The molecule has 0 heterocycles. The molecule has 0 saturated heterocycles. The van der Waals surface area contributed by atoms with Gasteiger partial charge in [0.1, 0.15) is 0 Å². The summed E-state index contributed by atoms with van der Waals surface area (Å²) in [6.45, 7) is 3.51. The van der Waals surface area contributed by atoms with Crippen LogP contribution in [0.5, 0.6) is 0 Å². The monoisotopic (exact) mass is 342 g/mol. The standard InChI is InChI=1S/C16H14ClF3N2O/c1-8-5-9(2)16(10(17)6-8)21-7-13(23)22-12-4-3-11(18)14(19)15(12)20/h3-6,21H,7H2,1-2H3,(H,22,23). The Kier molecular flexibility index (Phi) is 5.15. The molecule has 0 aromatic heterocycles. The quantitative estimate of drug-likeness (QED) is 0.807. The maximum atomic E-state index is 13.5. The summed E-state index contributed by atoms with van der Waals surface area (Å²) in [5.41, 5.74) is 1.98. The Hall–Kier alpha value is -2.21. The highest BCUT2D eigenvalue weighted by Gasteiger charge is 2.15. The van der Waals surface area contributed by atoms with Gasteiger partial charge in [0.15, 0.2) is 17.5 Å². The molecule has 0 unspecified atom stereocenters. The van der Waals surface area contributed by atoms with E-state index in [1.807, 2.05) is 19.9 Å². The molecule has 0 radical (unpaired) electrons. The summed E-state index contributed by atoms with van der Waals surface area (Å²) >= 11 is 6.10. The fraction of sp³-hybridized carbons (Fsp3) is 0.188. The zero-order valence-electron chi connectivity index (χ0n) is 12.4. The van der Waals surface area contributed by atoms with Gasteiger partial charge in [-0.3, -0.25) is 4.79 Å². The predicted molar refractivity (Wildman–Crippen MR) is 84.4 cm³/mol. The Morgan fingerprint density at radius 2 is 1.83 bits per heavy atom. The molecule has 2 N–H and O–H groups in total. The number of nitrogens with one attached hydrogen (secondary N) is 2. The Morgan fingerprint density at radius 1 is 1.13 bits per heavy atom. The zero-order valence-corrected chi connectivity index (χ0v) is 13.2. The van der Waals surface area contributed by atoms with E-state index < -0.39 is 29.0 Å². The van der Waals surface area contributed by atoms with E-state index >= 15 is 0 Å². The molecule has 23 heavy (non-hydrogen) atoms. The van der Waals surface area contributed by atoms with E-state index in [0.717, 1.165) is 23.3 Å². The van der Waals surface area contributed by atoms with Gasteiger partial charge in [-0.05, 0) is 43.2 Å². The van der Waals surface area contributed by atoms with E-state index in [1.165, 1.54) is 0 Å². The summed E-state index contributed by atoms with van der Waals surface area (Å²) in [7, 11) is 0. The minimum absolute atomic E-state index is 0.206. The Bertz CT molecular complexity index is 742. The first-order chi connectivity index (χ1) is 10.8. The normalized spacial score (nSPS) is 10.5. The molecule has 0 spiro atoms. The first kappa shape index (κ1) is 17.1. The van der Waals surface area contributed by atoms with Crippen LogP contribution in [0.1, 0.15) is 11.1 Å². The van der Waals surface area contributed by atoms with E-state index in [4.69, 9.17) is 11.6 Å². The van der Waals surface area contributed by atoms with Crippen LogP contribution in [-0.4, -0.2) is 12.5 Å². The van der Waals surface area contributed by atoms with Crippen LogP contribution in [0.25, 0.3) is 0 Å². The molecule has 0 saturated carbocycles. The van der Waals surface area contributed by atoms with E-state index in [9.17, 15) is 18.0 Å². The molecule has 3 nitrogen and oxygen atoms in total. The van der Waals surface area contributed by atoms with Crippen LogP contribution in [0.3, 0.4) is 0 Å². The van der Waals surface area contributed by atoms with Crippen molar-refractivity contribution in [3.63, 3.8) is 0 Å². The molecule has 2 aromatic rings. The Morgan fingerprint density at radius 3 is 2.48 bits per heavy atom. The van der Waals surface area contributed by atoms with Crippen molar-refractivity contribution in [2.45, 2.75) is 13.8 Å². The summed E-state index contributed by atoms with van der Waals surface area (Å²) in [5.74, 6) is -5.01. The fourth-order valence-electron chi connectivity index (χ4n) is 2.13. The second-order valence-corrected chi connectivity index (χ2v) is 5.47. The highest BCUT2D eigenvalue weighted by molar-refractivity contribution is 6.33. The van der Waals surface area contributed by atoms with Gasteiger partial charge in [0.25, 0.3) is 0 Å². The smallest absolute Gasteiger partial charge is 0.243 e. The third-order valence-electron chi connectivity index (χ3n) is 3.17. The first-order valence-corrected chi connectivity index (χ1v) is 7.11. The van der Waals surface area contributed by atoms with Crippen LogP contribution in [0.15, 0.2) is 24.3 Å². The van der Waals surface area contributed by atoms with Crippen molar-refractivity contribution in [3.05, 3.63) is 57.9 Å². The lowest BCUT2D eigenvalue weighted by atomic mass is 10.1. The highest BCUT2D eigenvalue weighted by atomic mass is 35.5. The molecule has 0 aliphatic rings. The number of halogens is 4. The van der Waals surface area contributed by atoms with Crippen LogP contribution < -0.4 is 10.6 Å². The Balaban J connectivity index is 2.06. The van der Waals surface area contributed by atoms with Gasteiger partial charge in [0.2, 0.25) is 5.91 Å². The molecular weight excluding hydrogens is 329 g/mol. The molecule has 0 aliphatic heterocycles. The van der Waals surface area contributed by atoms with Crippen LogP contribution in [0, 0.1) is 31.3 Å². The molecular formula is C16H14ClF3N2O. The zero-order chi connectivity index (χ0) is 17.1. The molecule has 2 aromatic carbocycles. The van der Waals surface area contributed by atoms with E-state index in [-0.39, 0.29) is 6.54 Å². The number of amides is 1. The second kappa shape index (κ2) is 6.91. The largest absolute Gasteiger partial charge is 0.375 e. The van der Waals surface area contributed by atoms with Crippen LogP contribution >= 0.6 is 11.6 Å². The summed E-state index contributed by atoms with van der Waals surface area (Å²) in [6.07, 6.45) is 0. The van der Waals surface area contributed by atoms with Gasteiger partial charge in [0, 0.05) is 0 Å². The van der Waals surface area contributed by atoms with E-state index in [0.29, 0.717) is 10.7 Å². The number of carbonyl (C=O) groups is 1. The number of hydrogen-bond donors (Lipinski definition) is 2. The minimum Gasteiger partial charge on any atom is -0.375 e. The number of carbonyl (C=O) groups excluding carboxylic acids is 1. The van der Waals surface area contributed by atoms with Gasteiger partial charge in [-0.2, -0.15) is 0 Å². The van der Waals surface area contributed by atoms with Gasteiger partial charge >= 0.3 is 0 Å². The molecule has 0 aliphatic carbocycles. The van der Waals surface area contributed by atoms with Crippen LogP contribution in [0.4, 0.5) is 24.5 Å². The van der Waals surface area contributed by atoms with Gasteiger partial charge in [-0.1, -0.05) is 17.7 Å². The van der Waals surface area contributed by atoms with E-state index in [2.05, 4.69) is 10.6 Å². The highest BCUT2D eigenvalue weighted by Crippen LogP contribution is 2.27. The average Bonchev–Trinajstić information content (AvgIpc) is 2.47. The third kappa shape index (κ3) is 3.96. The molecule has 2 rings (SSSR count). The average molecular weight is 343 g/mol. The fourth-order valence-corrected chi connectivity index (χ4v) is 2.51. The van der Waals surface area contributed by atoms with Gasteiger partial charge < -0.3 is 10.6 Å². The van der Waals surface area contributed by atoms with Gasteiger partial charge in [0.05, 0.1) is 22.9 Å². The van der Waals surface area contributed by atoms with Gasteiger partial charge in [-0.25, -0.2) is 13.2 Å². The number of aryl methyl sites for hydroxylation is 2. The van der Waals surface area contributed by atoms with Gasteiger partial charge in [-0.15, -0.1) is 0 Å². The second-order valence-electron chi connectivity index (χ2n) is 5.06. The maximum Gasteiger partial charge on any atom is 0.243 e. The van der Waals surface area contributed by atoms with Crippen LogP contribution in [-0.2, 0) is 4.79 Å². The number of hydrogen-bond acceptors (Lipinski definition) is 2. The predicted octanol–water partition coefficient (Wildman–Crippen LogP) is 4.42. The van der Waals surface area contributed by atoms with Crippen molar-refractivity contribution in [2.75, 3.05) is 17.2 Å². The van der Waals surface area contributed by atoms with Crippen molar-refractivity contribution in [1.82, 2.24) is 0 Å². The molecule has 0 fully saturated rings. The van der Waals surface area contributed by atoms with Crippen molar-refractivity contribution < 1.29 is 18.0 Å². The summed E-state index contributed by atoms with van der Waals surface area (Å²) in [5, 5.41) is 5.47. The lowest BCUT2D eigenvalue weighted by Gasteiger charge is -2.13. The van der Waals surface area contributed by atoms with Crippen molar-refractivity contribution in [1.29, 1.82) is 0 Å². The third-order valence-corrected chi connectivity index (χ3v) is 3.46.